The summed E-state index contributed by atoms with van der Waals surface area (Å²) in [6.45, 7) is 2.69. The molecule has 6 heteroatoms. The van der Waals surface area contributed by atoms with Gasteiger partial charge in [-0.3, -0.25) is 0 Å². The number of alkyl halides is 1. The molecule has 1 aliphatic heterocycles. The Labute approximate surface area is 136 Å². The lowest BCUT2D eigenvalue weighted by molar-refractivity contribution is 0.479. The van der Waals surface area contributed by atoms with Crippen LogP contribution in [0.25, 0.3) is 0 Å². The Morgan fingerprint density at radius 3 is 2.50 bits per heavy atom. The van der Waals surface area contributed by atoms with Crippen molar-refractivity contribution in [2.45, 2.75) is 36.0 Å². The molecule has 4 nitrogen and oxygen atoms in total. The Kier molecular flexibility index (Phi) is 3.80. The van der Waals surface area contributed by atoms with E-state index in [1.54, 1.807) is 24.3 Å². The van der Waals surface area contributed by atoms with Crippen LogP contribution in [0.15, 0.2) is 40.3 Å². The maximum atomic E-state index is 12.7. The normalized spacial score (nSPS) is 25.9. The largest absolute Gasteiger partial charge is 0.243 e. The Balaban J connectivity index is 1.83. The number of hydrogen-bond donors (Lipinski definition) is 0. The van der Waals surface area contributed by atoms with Crippen LogP contribution in [-0.2, 0) is 10.0 Å². The van der Waals surface area contributed by atoms with Crippen LogP contribution < -0.4 is 0 Å². The van der Waals surface area contributed by atoms with Crippen molar-refractivity contribution in [3.8, 4) is 6.07 Å². The van der Waals surface area contributed by atoms with E-state index < -0.39 is 14.9 Å². The van der Waals surface area contributed by atoms with Gasteiger partial charge in [0, 0.05) is 19.5 Å². The predicted octanol–water partition coefficient (Wildman–Crippen LogP) is 2.98. The summed E-state index contributed by atoms with van der Waals surface area (Å²) >= 11 is 6.26. The molecule has 0 amide bonds. The molecular formula is C16H17ClN2O2S. The van der Waals surface area contributed by atoms with Gasteiger partial charge in [-0.15, -0.1) is 11.6 Å². The Bertz CT molecular complexity index is 777. The number of sulfonamides is 1. The Morgan fingerprint density at radius 1 is 1.23 bits per heavy atom. The van der Waals surface area contributed by atoms with Crippen molar-refractivity contribution in [2.24, 2.45) is 0 Å². The van der Waals surface area contributed by atoms with Crippen molar-refractivity contribution in [3.05, 3.63) is 41.0 Å². The zero-order valence-corrected chi connectivity index (χ0v) is 13.9. The van der Waals surface area contributed by atoms with Crippen LogP contribution in [0.1, 0.15) is 24.8 Å². The molecule has 1 aliphatic carbocycles. The molecular weight excluding hydrogens is 320 g/mol. The fraction of sp³-hybridized carbons (Fsp3) is 0.438. The zero-order chi connectivity index (χ0) is 16.0. The summed E-state index contributed by atoms with van der Waals surface area (Å²) < 4.78 is 26.9. The maximum Gasteiger partial charge on any atom is 0.243 e. The minimum absolute atomic E-state index is 0.315. The zero-order valence-electron chi connectivity index (χ0n) is 12.3. The Hall–Kier alpha value is -1.35. The molecule has 0 saturated heterocycles. The number of aryl methyl sites for hydroxylation is 1. The summed E-state index contributed by atoms with van der Waals surface area (Å²) in [5, 5.41) is 9.16. The molecule has 0 spiro atoms. The molecule has 0 aromatic heterocycles. The third kappa shape index (κ3) is 2.67. The van der Waals surface area contributed by atoms with E-state index in [1.807, 2.05) is 6.92 Å². The first-order chi connectivity index (χ1) is 10.3. The van der Waals surface area contributed by atoms with Gasteiger partial charge >= 0.3 is 0 Å². The highest BCUT2D eigenvalue weighted by molar-refractivity contribution is 7.89. The molecule has 1 atom stereocenters. The van der Waals surface area contributed by atoms with Crippen LogP contribution in [0.3, 0.4) is 0 Å². The van der Waals surface area contributed by atoms with Crippen molar-refractivity contribution in [2.75, 3.05) is 13.1 Å². The van der Waals surface area contributed by atoms with Crippen molar-refractivity contribution < 1.29 is 8.42 Å². The van der Waals surface area contributed by atoms with E-state index in [1.165, 1.54) is 4.31 Å². The highest BCUT2D eigenvalue weighted by Gasteiger charge is 2.40. The lowest BCUT2D eigenvalue weighted by Crippen LogP contribution is -2.29. The molecule has 0 N–H and O–H groups in total. The number of benzene rings is 1. The van der Waals surface area contributed by atoms with E-state index in [2.05, 4.69) is 6.07 Å². The molecule has 0 saturated carbocycles. The predicted molar refractivity (Wildman–Crippen MR) is 85.0 cm³/mol. The molecule has 0 radical (unpaired) electrons. The molecule has 116 valence electrons. The third-order valence-electron chi connectivity index (χ3n) is 4.41. The number of rotatable bonds is 2. The van der Waals surface area contributed by atoms with Crippen LogP contribution in [0.2, 0.25) is 0 Å². The SMILES string of the molecule is Cc1ccc(S(=O)(=O)N2CC3=C(C2)C[C@](Cl)(C#N)CC3)cc1. The van der Waals surface area contributed by atoms with Crippen molar-refractivity contribution in [1.29, 1.82) is 5.26 Å². The molecule has 1 aromatic rings. The van der Waals surface area contributed by atoms with Gasteiger partial charge in [0.25, 0.3) is 0 Å². The number of nitriles is 1. The van der Waals surface area contributed by atoms with Crippen molar-refractivity contribution in [1.82, 2.24) is 4.31 Å². The van der Waals surface area contributed by atoms with E-state index in [9.17, 15) is 8.42 Å². The van der Waals surface area contributed by atoms with Gasteiger partial charge in [-0.05, 0) is 31.9 Å². The molecule has 3 rings (SSSR count). The molecule has 0 bridgehead atoms. The van der Waals surface area contributed by atoms with Gasteiger partial charge in [0.1, 0.15) is 4.87 Å². The molecule has 0 unspecified atom stereocenters. The molecule has 2 aliphatic rings. The molecule has 1 heterocycles. The van der Waals surface area contributed by atoms with Gasteiger partial charge in [-0.1, -0.05) is 28.8 Å². The second kappa shape index (κ2) is 5.38. The fourth-order valence-electron chi connectivity index (χ4n) is 3.04. The monoisotopic (exact) mass is 336 g/mol. The first-order valence-electron chi connectivity index (χ1n) is 7.21. The smallest absolute Gasteiger partial charge is 0.207 e. The second-order valence-electron chi connectivity index (χ2n) is 6.05. The number of nitrogens with zero attached hydrogens (tertiary/aromatic N) is 2. The summed E-state index contributed by atoms with van der Waals surface area (Å²) in [6.07, 6.45) is 1.74. The molecule has 1 aromatic carbocycles. The summed E-state index contributed by atoms with van der Waals surface area (Å²) in [5.41, 5.74) is 3.17. The summed E-state index contributed by atoms with van der Waals surface area (Å²) in [7, 11) is -3.49. The summed E-state index contributed by atoms with van der Waals surface area (Å²) in [6, 6.07) is 9.03. The average molecular weight is 337 g/mol. The molecule has 22 heavy (non-hydrogen) atoms. The first-order valence-corrected chi connectivity index (χ1v) is 9.03. The maximum absolute atomic E-state index is 12.7. The van der Waals surface area contributed by atoms with Gasteiger partial charge in [0.05, 0.1) is 11.0 Å². The van der Waals surface area contributed by atoms with E-state index in [0.29, 0.717) is 37.2 Å². The minimum atomic E-state index is -3.49. The molecule has 0 fully saturated rings. The lowest BCUT2D eigenvalue weighted by Gasteiger charge is -2.25. The van der Waals surface area contributed by atoms with Gasteiger partial charge in [0.15, 0.2) is 0 Å². The highest BCUT2D eigenvalue weighted by atomic mass is 35.5. The van der Waals surface area contributed by atoms with Crippen LogP contribution in [-0.4, -0.2) is 30.7 Å². The van der Waals surface area contributed by atoms with Crippen LogP contribution >= 0.6 is 11.6 Å². The van der Waals surface area contributed by atoms with Crippen LogP contribution in [0.4, 0.5) is 0 Å². The number of hydrogen-bond acceptors (Lipinski definition) is 3. The van der Waals surface area contributed by atoms with Crippen LogP contribution in [0, 0.1) is 18.3 Å². The van der Waals surface area contributed by atoms with Crippen LogP contribution in [0.5, 0.6) is 0 Å². The van der Waals surface area contributed by atoms with E-state index >= 15 is 0 Å². The minimum Gasteiger partial charge on any atom is -0.207 e. The Morgan fingerprint density at radius 2 is 1.86 bits per heavy atom. The van der Waals surface area contributed by atoms with Gasteiger partial charge in [0.2, 0.25) is 10.0 Å². The summed E-state index contributed by atoms with van der Waals surface area (Å²) in [5.74, 6) is 0. The van der Waals surface area contributed by atoms with E-state index in [-0.39, 0.29) is 0 Å². The van der Waals surface area contributed by atoms with Gasteiger partial charge in [-0.25, -0.2) is 8.42 Å². The van der Waals surface area contributed by atoms with E-state index in [0.717, 1.165) is 16.7 Å². The third-order valence-corrected chi connectivity index (χ3v) is 6.62. The summed E-state index contributed by atoms with van der Waals surface area (Å²) in [4.78, 5) is -0.557. The van der Waals surface area contributed by atoms with E-state index in [4.69, 9.17) is 16.9 Å². The quantitative estimate of drug-likeness (QED) is 0.616. The standard InChI is InChI=1S/C16H17ClN2O2S/c1-12-2-4-15(5-3-12)22(20,21)19-9-13-6-7-16(17,11-18)8-14(13)10-19/h2-5H,6-10H2,1H3/t16-/m0/s1. The number of halogens is 1. The van der Waals surface area contributed by atoms with Gasteiger partial charge < -0.3 is 0 Å². The first kappa shape index (κ1) is 15.5. The second-order valence-corrected chi connectivity index (χ2v) is 8.71. The lowest BCUT2D eigenvalue weighted by atomic mass is 9.85. The average Bonchev–Trinajstić information content (AvgIpc) is 2.91. The van der Waals surface area contributed by atoms with Crippen molar-refractivity contribution >= 4 is 21.6 Å². The van der Waals surface area contributed by atoms with Gasteiger partial charge in [-0.2, -0.15) is 9.57 Å². The van der Waals surface area contributed by atoms with Crippen molar-refractivity contribution in [3.63, 3.8) is 0 Å². The fourth-order valence-corrected chi connectivity index (χ4v) is 4.73. The highest BCUT2D eigenvalue weighted by Crippen LogP contribution is 2.41. The topological polar surface area (TPSA) is 61.2 Å².